The van der Waals surface area contributed by atoms with E-state index in [9.17, 15) is 4.79 Å². The summed E-state index contributed by atoms with van der Waals surface area (Å²) in [5.41, 5.74) is 0. The van der Waals surface area contributed by atoms with Crippen molar-refractivity contribution in [3.63, 3.8) is 0 Å². The Balaban J connectivity index is 1.76. The van der Waals surface area contributed by atoms with E-state index in [1.54, 1.807) is 11.8 Å². The van der Waals surface area contributed by atoms with Crippen LogP contribution in [0.5, 0.6) is 0 Å². The second-order valence-electron chi connectivity index (χ2n) is 4.23. The predicted octanol–water partition coefficient (Wildman–Crippen LogP) is 0.606. The van der Waals surface area contributed by atoms with Gasteiger partial charge in [-0.2, -0.15) is 0 Å². The Morgan fingerprint density at radius 2 is 2.36 bits per heavy atom. The molecule has 1 amide bonds. The van der Waals surface area contributed by atoms with Gasteiger partial charge >= 0.3 is 0 Å². The first-order valence-corrected chi connectivity index (χ1v) is 6.45. The molecule has 4 heteroatoms. The fourth-order valence-electron chi connectivity index (χ4n) is 1.89. The molecule has 80 valence electrons. The fourth-order valence-corrected chi connectivity index (χ4v) is 2.89. The highest BCUT2D eigenvalue weighted by Gasteiger charge is 2.30. The Morgan fingerprint density at radius 1 is 1.50 bits per heavy atom. The molecule has 2 aliphatic rings. The van der Waals surface area contributed by atoms with Crippen molar-refractivity contribution >= 4 is 17.7 Å². The molecule has 2 N–H and O–H groups in total. The highest BCUT2D eigenvalue weighted by Crippen LogP contribution is 2.27. The van der Waals surface area contributed by atoms with Crippen LogP contribution in [0.2, 0.25) is 0 Å². The van der Waals surface area contributed by atoms with Crippen molar-refractivity contribution in [2.45, 2.75) is 31.1 Å². The number of carbonyl (C=O) groups is 1. The first-order chi connectivity index (χ1) is 6.77. The molecule has 1 aliphatic carbocycles. The molecule has 0 bridgehead atoms. The Kier molecular flexibility index (Phi) is 3.34. The van der Waals surface area contributed by atoms with E-state index in [0.717, 1.165) is 25.3 Å². The van der Waals surface area contributed by atoms with Crippen LogP contribution < -0.4 is 10.6 Å². The van der Waals surface area contributed by atoms with Crippen molar-refractivity contribution in [2.75, 3.05) is 18.8 Å². The van der Waals surface area contributed by atoms with Crippen LogP contribution in [0.15, 0.2) is 0 Å². The Morgan fingerprint density at radius 3 is 2.86 bits per heavy atom. The smallest absolute Gasteiger partial charge is 0.234 e. The summed E-state index contributed by atoms with van der Waals surface area (Å²) >= 11 is 1.77. The normalized spacial score (nSPS) is 37.4. The molecule has 0 spiro atoms. The van der Waals surface area contributed by atoms with Crippen LogP contribution in [0.25, 0.3) is 0 Å². The minimum absolute atomic E-state index is 0.136. The van der Waals surface area contributed by atoms with Crippen molar-refractivity contribution in [1.29, 1.82) is 0 Å². The molecular weight excluding hydrogens is 196 g/mol. The van der Waals surface area contributed by atoms with Gasteiger partial charge in [0.2, 0.25) is 5.91 Å². The number of rotatable bonds is 2. The molecule has 3 nitrogen and oxygen atoms in total. The molecule has 2 rings (SSSR count). The maximum absolute atomic E-state index is 11.8. The van der Waals surface area contributed by atoms with Gasteiger partial charge in [-0.05, 0) is 18.8 Å². The van der Waals surface area contributed by atoms with Crippen LogP contribution in [0.3, 0.4) is 0 Å². The van der Waals surface area contributed by atoms with Crippen LogP contribution in [-0.2, 0) is 4.79 Å². The van der Waals surface area contributed by atoms with Crippen LogP contribution in [-0.4, -0.2) is 36.0 Å². The zero-order chi connectivity index (χ0) is 9.97. The molecular formula is C10H18N2OS. The Labute approximate surface area is 89.4 Å². The third kappa shape index (κ3) is 2.23. The molecule has 1 saturated carbocycles. The molecule has 3 atom stereocenters. The van der Waals surface area contributed by atoms with E-state index in [1.165, 1.54) is 6.42 Å². The lowest BCUT2D eigenvalue weighted by molar-refractivity contribution is -0.122. The van der Waals surface area contributed by atoms with Gasteiger partial charge in [0.1, 0.15) is 0 Å². The SMILES string of the molecule is CC1CCC1NC(=O)C1CNCCS1. The van der Waals surface area contributed by atoms with Crippen LogP contribution in [0.4, 0.5) is 0 Å². The molecule has 0 aromatic heterocycles. The maximum Gasteiger partial charge on any atom is 0.234 e. The fraction of sp³-hybridized carbons (Fsp3) is 0.900. The summed E-state index contributed by atoms with van der Waals surface area (Å²) in [6.07, 6.45) is 2.43. The van der Waals surface area contributed by atoms with Gasteiger partial charge in [0, 0.05) is 24.9 Å². The monoisotopic (exact) mass is 214 g/mol. The molecule has 0 aromatic carbocycles. The number of nitrogens with one attached hydrogen (secondary N) is 2. The van der Waals surface area contributed by atoms with E-state index in [0.29, 0.717) is 12.0 Å². The van der Waals surface area contributed by atoms with Crippen LogP contribution in [0, 0.1) is 5.92 Å². The van der Waals surface area contributed by atoms with E-state index in [2.05, 4.69) is 17.6 Å². The minimum atomic E-state index is 0.136. The molecule has 1 aliphatic heterocycles. The first-order valence-electron chi connectivity index (χ1n) is 5.40. The van der Waals surface area contributed by atoms with Crippen molar-refractivity contribution in [3.8, 4) is 0 Å². The number of hydrogen-bond donors (Lipinski definition) is 2. The van der Waals surface area contributed by atoms with Gasteiger partial charge in [-0.1, -0.05) is 6.92 Å². The number of hydrogen-bond acceptors (Lipinski definition) is 3. The number of thioether (sulfide) groups is 1. The zero-order valence-corrected chi connectivity index (χ0v) is 9.40. The molecule has 1 heterocycles. The summed E-state index contributed by atoms with van der Waals surface area (Å²) in [5.74, 6) is 1.97. The maximum atomic E-state index is 11.8. The Hall–Kier alpha value is -0.220. The summed E-state index contributed by atoms with van der Waals surface area (Å²) in [6, 6.07) is 0.449. The van der Waals surface area contributed by atoms with E-state index < -0.39 is 0 Å². The van der Waals surface area contributed by atoms with Crippen molar-refractivity contribution < 1.29 is 4.79 Å². The second-order valence-corrected chi connectivity index (χ2v) is 5.54. The quantitative estimate of drug-likeness (QED) is 0.707. The van der Waals surface area contributed by atoms with Crippen molar-refractivity contribution in [1.82, 2.24) is 10.6 Å². The number of carbonyl (C=O) groups excluding carboxylic acids is 1. The van der Waals surface area contributed by atoms with Crippen molar-refractivity contribution in [2.24, 2.45) is 5.92 Å². The van der Waals surface area contributed by atoms with E-state index in [1.807, 2.05) is 0 Å². The number of amides is 1. The molecule has 2 fully saturated rings. The molecule has 0 aromatic rings. The van der Waals surface area contributed by atoms with Crippen LogP contribution >= 0.6 is 11.8 Å². The summed E-state index contributed by atoms with van der Waals surface area (Å²) in [5, 5.41) is 6.53. The lowest BCUT2D eigenvalue weighted by Gasteiger charge is -2.35. The zero-order valence-electron chi connectivity index (χ0n) is 8.58. The first kappa shape index (κ1) is 10.3. The largest absolute Gasteiger partial charge is 0.352 e. The van der Waals surface area contributed by atoms with Crippen molar-refractivity contribution in [3.05, 3.63) is 0 Å². The van der Waals surface area contributed by atoms with E-state index in [-0.39, 0.29) is 11.2 Å². The molecule has 1 saturated heterocycles. The van der Waals surface area contributed by atoms with Gasteiger partial charge in [-0.3, -0.25) is 4.79 Å². The second kappa shape index (κ2) is 4.53. The van der Waals surface area contributed by atoms with Gasteiger partial charge < -0.3 is 10.6 Å². The minimum Gasteiger partial charge on any atom is -0.352 e. The average molecular weight is 214 g/mol. The predicted molar refractivity (Wildman–Crippen MR) is 59.4 cm³/mol. The lowest BCUT2D eigenvalue weighted by Crippen LogP contribution is -2.51. The summed E-state index contributed by atoms with van der Waals surface area (Å²) in [6.45, 7) is 4.08. The van der Waals surface area contributed by atoms with E-state index in [4.69, 9.17) is 0 Å². The van der Waals surface area contributed by atoms with E-state index >= 15 is 0 Å². The van der Waals surface area contributed by atoms with Gasteiger partial charge in [0.25, 0.3) is 0 Å². The van der Waals surface area contributed by atoms with Gasteiger partial charge in [-0.25, -0.2) is 0 Å². The third-order valence-electron chi connectivity index (χ3n) is 3.17. The summed E-state index contributed by atoms with van der Waals surface area (Å²) in [7, 11) is 0. The molecule has 3 unspecified atom stereocenters. The van der Waals surface area contributed by atoms with Gasteiger partial charge in [0.05, 0.1) is 5.25 Å². The van der Waals surface area contributed by atoms with Crippen LogP contribution in [0.1, 0.15) is 19.8 Å². The average Bonchev–Trinajstić information content (AvgIpc) is 2.24. The third-order valence-corrected chi connectivity index (χ3v) is 4.39. The van der Waals surface area contributed by atoms with Gasteiger partial charge in [0.15, 0.2) is 0 Å². The topological polar surface area (TPSA) is 41.1 Å². The standard InChI is InChI=1S/C10H18N2OS/c1-7-2-3-8(7)12-10(13)9-6-11-4-5-14-9/h7-9,11H,2-6H2,1H3,(H,12,13). The molecule has 0 radical (unpaired) electrons. The Bertz CT molecular complexity index is 216. The summed E-state index contributed by atoms with van der Waals surface area (Å²) < 4.78 is 0. The lowest BCUT2D eigenvalue weighted by atomic mass is 9.81. The summed E-state index contributed by atoms with van der Waals surface area (Å²) in [4.78, 5) is 11.8. The highest BCUT2D eigenvalue weighted by atomic mass is 32.2. The van der Waals surface area contributed by atoms with Gasteiger partial charge in [-0.15, -0.1) is 11.8 Å². The highest BCUT2D eigenvalue weighted by molar-refractivity contribution is 8.00. The molecule has 14 heavy (non-hydrogen) atoms.